The first kappa shape index (κ1) is 11.4. The van der Waals surface area contributed by atoms with Gasteiger partial charge in [0.2, 0.25) is 0 Å². The number of nitrogens with zero attached hydrogens (tertiary/aromatic N) is 2. The summed E-state index contributed by atoms with van der Waals surface area (Å²) in [5.74, 6) is 0. The first-order valence-electron chi connectivity index (χ1n) is 6.05. The van der Waals surface area contributed by atoms with Gasteiger partial charge in [0.15, 0.2) is 5.13 Å². The molecule has 0 saturated heterocycles. The minimum atomic E-state index is 0.644. The lowest BCUT2D eigenvalue weighted by atomic mass is 10.2. The normalized spacial score (nSPS) is 17.6. The maximum absolute atomic E-state index is 5.79. The molecule has 0 fully saturated rings. The first-order chi connectivity index (χ1) is 8.15. The fourth-order valence-corrected chi connectivity index (χ4v) is 4.78. The van der Waals surface area contributed by atoms with Crippen LogP contribution in [0, 0.1) is 0 Å². The zero-order valence-corrected chi connectivity index (χ0v) is 11.8. The number of fused-ring (bicyclic) bond motifs is 3. The van der Waals surface area contributed by atoms with Crippen molar-refractivity contribution in [2.75, 3.05) is 18.8 Å². The second-order valence-electron chi connectivity index (χ2n) is 4.82. The number of thiophene rings is 1. The predicted molar refractivity (Wildman–Crippen MR) is 76.0 cm³/mol. The summed E-state index contributed by atoms with van der Waals surface area (Å²) >= 11 is 3.49. The molecular weight excluding hydrogens is 250 g/mol. The fraction of sp³-hybridized carbons (Fsp3) is 0.583. The van der Waals surface area contributed by atoms with Gasteiger partial charge in [-0.25, -0.2) is 4.98 Å². The molecule has 0 aliphatic carbocycles. The van der Waals surface area contributed by atoms with E-state index in [1.807, 2.05) is 11.3 Å². The third-order valence-corrected chi connectivity index (χ3v) is 5.71. The molecule has 2 aromatic rings. The Morgan fingerprint density at radius 3 is 2.76 bits per heavy atom. The van der Waals surface area contributed by atoms with Gasteiger partial charge in [-0.15, -0.1) is 11.3 Å². The van der Waals surface area contributed by atoms with Crippen molar-refractivity contribution in [3.05, 3.63) is 10.4 Å². The Kier molecular flexibility index (Phi) is 2.84. The van der Waals surface area contributed by atoms with Gasteiger partial charge < -0.3 is 10.6 Å². The van der Waals surface area contributed by atoms with E-state index in [4.69, 9.17) is 5.73 Å². The minimum absolute atomic E-state index is 0.644. The minimum Gasteiger partial charge on any atom is -0.375 e. The van der Waals surface area contributed by atoms with Crippen molar-refractivity contribution < 1.29 is 0 Å². The van der Waals surface area contributed by atoms with Crippen LogP contribution in [0.25, 0.3) is 9.53 Å². The summed E-state index contributed by atoms with van der Waals surface area (Å²) < 4.78 is 1.34. The lowest BCUT2D eigenvalue weighted by Gasteiger charge is -2.23. The van der Waals surface area contributed by atoms with Crippen LogP contribution in [0.5, 0.6) is 0 Å². The summed E-state index contributed by atoms with van der Waals surface area (Å²) in [6, 6.07) is 0.644. The van der Waals surface area contributed by atoms with Crippen LogP contribution in [0.3, 0.4) is 0 Å². The van der Waals surface area contributed by atoms with E-state index >= 15 is 0 Å². The van der Waals surface area contributed by atoms with Gasteiger partial charge >= 0.3 is 0 Å². The highest BCUT2D eigenvalue weighted by molar-refractivity contribution is 7.29. The van der Waals surface area contributed by atoms with Crippen LogP contribution in [0.15, 0.2) is 0 Å². The largest absolute Gasteiger partial charge is 0.375 e. The smallest absolute Gasteiger partial charge is 0.181 e. The average molecular weight is 267 g/mol. The zero-order valence-electron chi connectivity index (χ0n) is 10.2. The molecule has 3 nitrogen and oxygen atoms in total. The first-order valence-corrected chi connectivity index (χ1v) is 7.69. The molecule has 92 valence electrons. The molecule has 0 aromatic carbocycles. The van der Waals surface area contributed by atoms with Crippen LogP contribution in [-0.4, -0.2) is 29.0 Å². The molecule has 0 unspecified atom stereocenters. The van der Waals surface area contributed by atoms with Gasteiger partial charge in [0.1, 0.15) is 4.83 Å². The summed E-state index contributed by atoms with van der Waals surface area (Å²) in [6.45, 7) is 6.89. The Labute approximate surface area is 109 Å². The van der Waals surface area contributed by atoms with E-state index in [0.717, 1.165) is 17.8 Å². The van der Waals surface area contributed by atoms with Gasteiger partial charge in [0.05, 0.1) is 4.70 Å². The molecule has 1 aliphatic rings. The van der Waals surface area contributed by atoms with E-state index < -0.39 is 0 Å². The van der Waals surface area contributed by atoms with Gasteiger partial charge in [0, 0.05) is 24.0 Å². The molecule has 0 radical (unpaired) electrons. The van der Waals surface area contributed by atoms with Gasteiger partial charge in [0.25, 0.3) is 0 Å². The van der Waals surface area contributed by atoms with Crippen molar-refractivity contribution in [3.63, 3.8) is 0 Å². The van der Waals surface area contributed by atoms with Crippen LogP contribution in [0.4, 0.5) is 5.13 Å². The molecule has 17 heavy (non-hydrogen) atoms. The molecule has 3 heterocycles. The van der Waals surface area contributed by atoms with E-state index in [1.54, 1.807) is 11.3 Å². The van der Waals surface area contributed by atoms with E-state index in [1.165, 1.54) is 28.1 Å². The number of aromatic nitrogens is 1. The van der Waals surface area contributed by atoms with Crippen LogP contribution in [-0.2, 0) is 12.8 Å². The molecule has 5 heteroatoms. The van der Waals surface area contributed by atoms with E-state index in [9.17, 15) is 0 Å². The van der Waals surface area contributed by atoms with Crippen molar-refractivity contribution in [1.29, 1.82) is 0 Å². The molecule has 0 atom stereocenters. The summed E-state index contributed by atoms with van der Waals surface area (Å²) in [5, 5.41) is 0.707. The van der Waals surface area contributed by atoms with E-state index in [-0.39, 0.29) is 0 Å². The second kappa shape index (κ2) is 4.23. The average Bonchev–Trinajstić information content (AvgIpc) is 2.67. The van der Waals surface area contributed by atoms with Crippen molar-refractivity contribution in [1.82, 2.24) is 9.88 Å². The van der Waals surface area contributed by atoms with Gasteiger partial charge in [-0.05, 0) is 32.3 Å². The molecular formula is C12H17N3S2. The lowest BCUT2D eigenvalue weighted by molar-refractivity contribution is 0.233. The number of rotatable bonds is 1. The van der Waals surface area contributed by atoms with Crippen molar-refractivity contribution in [2.24, 2.45) is 0 Å². The number of nitrogens with two attached hydrogens (primary N) is 1. The fourth-order valence-electron chi connectivity index (χ4n) is 2.47. The number of anilines is 1. The highest BCUT2D eigenvalue weighted by Crippen LogP contribution is 2.38. The number of hydrogen-bond acceptors (Lipinski definition) is 5. The SMILES string of the molecule is CC(C)N1CCc2sc3nc(N)sc3c2CC1. The maximum Gasteiger partial charge on any atom is 0.181 e. The maximum atomic E-state index is 5.79. The van der Waals surface area contributed by atoms with E-state index in [2.05, 4.69) is 23.7 Å². The number of thiazole rings is 1. The van der Waals surface area contributed by atoms with Crippen LogP contribution in [0.2, 0.25) is 0 Å². The summed E-state index contributed by atoms with van der Waals surface area (Å²) in [5.41, 5.74) is 7.30. The topological polar surface area (TPSA) is 42.2 Å². The van der Waals surface area contributed by atoms with Crippen molar-refractivity contribution >= 4 is 37.3 Å². The Balaban J connectivity index is 1.96. The van der Waals surface area contributed by atoms with Gasteiger partial charge in [-0.1, -0.05) is 11.3 Å². The Bertz CT molecular complexity index is 541. The molecule has 2 N–H and O–H groups in total. The molecule has 2 aromatic heterocycles. The predicted octanol–water partition coefficient (Wildman–Crippen LogP) is 2.75. The number of nitrogen functional groups attached to an aromatic ring is 1. The monoisotopic (exact) mass is 267 g/mol. The molecule has 0 saturated carbocycles. The molecule has 0 amide bonds. The Morgan fingerprint density at radius 2 is 2.00 bits per heavy atom. The second-order valence-corrected chi connectivity index (χ2v) is 6.93. The van der Waals surface area contributed by atoms with Gasteiger partial charge in [-0.3, -0.25) is 0 Å². The Morgan fingerprint density at radius 1 is 1.24 bits per heavy atom. The Hall–Kier alpha value is -0.650. The molecule has 0 bridgehead atoms. The summed E-state index contributed by atoms with van der Waals surface area (Å²) in [7, 11) is 0. The molecule has 3 rings (SSSR count). The van der Waals surface area contributed by atoms with E-state index in [0.29, 0.717) is 11.2 Å². The third kappa shape index (κ3) is 1.96. The van der Waals surface area contributed by atoms with Crippen LogP contribution >= 0.6 is 22.7 Å². The van der Waals surface area contributed by atoms with Crippen LogP contribution < -0.4 is 5.73 Å². The zero-order chi connectivity index (χ0) is 12.0. The van der Waals surface area contributed by atoms with Gasteiger partial charge in [-0.2, -0.15) is 0 Å². The molecule has 1 aliphatic heterocycles. The highest BCUT2D eigenvalue weighted by atomic mass is 32.1. The number of hydrogen-bond donors (Lipinski definition) is 1. The van der Waals surface area contributed by atoms with Crippen molar-refractivity contribution in [2.45, 2.75) is 32.7 Å². The lowest BCUT2D eigenvalue weighted by Crippen LogP contribution is -2.33. The molecule has 0 spiro atoms. The summed E-state index contributed by atoms with van der Waals surface area (Å²) in [6.07, 6.45) is 2.32. The highest BCUT2D eigenvalue weighted by Gasteiger charge is 2.21. The summed E-state index contributed by atoms with van der Waals surface area (Å²) in [4.78, 5) is 9.64. The quantitative estimate of drug-likeness (QED) is 0.864. The van der Waals surface area contributed by atoms with Crippen molar-refractivity contribution in [3.8, 4) is 0 Å². The third-order valence-electron chi connectivity index (χ3n) is 3.45. The standard InChI is InChI=1S/C12H17N3S2/c1-7(2)15-5-3-8-9(4-6-15)16-11-10(8)17-12(13)14-11/h7H,3-6H2,1-2H3,(H2,13,14). The van der Waals surface area contributed by atoms with Crippen LogP contribution in [0.1, 0.15) is 24.3 Å².